The third-order valence-electron chi connectivity index (χ3n) is 2.88. The van der Waals surface area contributed by atoms with Crippen molar-refractivity contribution >= 4 is 27.3 Å². The van der Waals surface area contributed by atoms with Crippen molar-refractivity contribution in [3.05, 3.63) is 29.3 Å². The second kappa shape index (κ2) is 7.61. The lowest BCUT2D eigenvalue weighted by Gasteiger charge is -2.16. The summed E-state index contributed by atoms with van der Waals surface area (Å²) in [6, 6.07) is 6.23. The highest BCUT2D eigenvalue weighted by Gasteiger charge is 2.20. The van der Waals surface area contributed by atoms with Gasteiger partial charge < -0.3 is 10.6 Å². The van der Waals surface area contributed by atoms with Crippen molar-refractivity contribution < 1.29 is 13.2 Å². The van der Waals surface area contributed by atoms with Gasteiger partial charge in [-0.3, -0.25) is 4.79 Å². The number of rotatable bonds is 7. The quantitative estimate of drug-likeness (QED) is 0.822. The number of nitrogens with two attached hydrogens (primary N) is 1. The Hall–Kier alpha value is -1.11. The summed E-state index contributed by atoms with van der Waals surface area (Å²) in [5.74, 6) is -0.461. The molecule has 0 saturated carbocycles. The Bertz CT molecular complexity index is 560. The summed E-state index contributed by atoms with van der Waals surface area (Å²) in [7, 11) is -1.91. The molecule has 5 nitrogen and oxygen atoms in total. The van der Waals surface area contributed by atoms with E-state index in [2.05, 4.69) is 0 Å². The zero-order chi connectivity index (χ0) is 15.2. The number of nitrogens with zero attached hydrogens (tertiary/aromatic N) is 1. The first-order valence-corrected chi connectivity index (χ1v) is 8.33. The first-order valence-electron chi connectivity index (χ1n) is 6.30. The summed E-state index contributed by atoms with van der Waals surface area (Å²) in [4.78, 5) is 13.4. The fourth-order valence-corrected chi connectivity index (χ4v) is 3.48. The van der Waals surface area contributed by atoms with Crippen LogP contribution in [-0.2, 0) is 14.6 Å². The first-order chi connectivity index (χ1) is 9.38. The van der Waals surface area contributed by atoms with Crippen LogP contribution in [0.3, 0.4) is 0 Å². The second-order valence-electron chi connectivity index (χ2n) is 4.46. The molecule has 20 heavy (non-hydrogen) atoms. The number of sulfone groups is 1. The molecular formula is C13H19ClN2O3S. The third-order valence-corrected chi connectivity index (χ3v) is 5.09. The summed E-state index contributed by atoms with van der Waals surface area (Å²) in [5, 5.41) is 0.177. The molecular weight excluding hydrogens is 300 g/mol. The maximum Gasteiger partial charge on any atom is 0.223 e. The smallest absolute Gasteiger partial charge is 0.223 e. The van der Waals surface area contributed by atoms with Crippen molar-refractivity contribution in [2.45, 2.75) is 17.7 Å². The van der Waals surface area contributed by atoms with E-state index in [0.717, 1.165) is 0 Å². The van der Waals surface area contributed by atoms with Crippen molar-refractivity contribution in [2.75, 3.05) is 25.9 Å². The van der Waals surface area contributed by atoms with Gasteiger partial charge in [0, 0.05) is 20.0 Å². The number of hydrogen-bond acceptors (Lipinski definition) is 4. The second-order valence-corrected chi connectivity index (χ2v) is 6.94. The predicted octanol–water partition coefficient (Wildman–Crippen LogP) is 1.31. The fraction of sp³-hybridized carbons (Fsp3) is 0.462. The van der Waals surface area contributed by atoms with E-state index >= 15 is 0 Å². The lowest BCUT2D eigenvalue weighted by Crippen LogP contribution is -2.30. The van der Waals surface area contributed by atoms with Crippen molar-refractivity contribution in [3.63, 3.8) is 0 Å². The normalized spacial score (nSPS) is 11.3. The molecule has 0 radical (unpaired) electrons. The molecule has 0 aliphatic rings. The maximum absolute atomic E-state index is 12.1. The standard InChI is InChI=1S/C13H19ClN2O3S/c1-16(9-4-8-15)13(17)7-10-20(18,19)12-6-3-2-5-11(12)14/h2-3,5-6H,4,7-10,15H2,1H3. The molecule has 2 N–H and O–H groups in total. The molecule has 0 unspecified atom stereocenters. The van der Waals surface area contributed by atoms with Crippen LogP contribution in [0.25, 0.3) is 0 Å². The topological polar surface area (TPSA) is 80.5 Å². The van der Waals surface area contributed by atoms with Crippen LogP contribution in [-0.4, -0.2) is 45.1 Å². The third kappa shape index (κ3) is 4.77. The highest BCUT2D eigenvalue weighted by molar-refractivity contribution is 7.91. The predicted molar refractivity (Wildman–Crippen MR) is 79.4 cm³/mol. The Kier molecular flexibility index (Phi) is 6.45. The van der Waals surface area contributed by atoms with Gasteiger partial charge in [-0.15, -0.1) is 0 Å². The van der Waals surface area contributed by atoms with Crippen LogP contribution in [0.5, 0.6) is 0 Å². The fourth-order valence-electron chi connectivity index (χ4n) is 1.67. The average molecular weight is 319 g/mol. The summed E-state index contributed by atoms with van der Waals surface area (Å²) in [6.07, 6.45) is 0.633. The zero-order valence-electron chi connectivity index (χ0n) is 11.4. The molecule has 0 spiro atoms. The van der Waals surface area contributed by atoms with Gasteiger partial charge in [0.25, 0.3) is 0 Å². The van der Waals surface area contributed by atoms with Crippen LogP contribution in [0.2, 0.25) is 5.02 Å². The van der Waals surface area contributed by atoms with Crippen LogP contribution in [0.4, 0.5) is 0 Å². The molecule has 0 aliphatic carbocycles. The number of carbonyl (C=O) groups is 1. The van der Waals surface area contributed by atoms with Crippen LogP contribution in [0, 0.1) is 0 Å². The molecule has 112 valence electrons. The van der Waals surface area contributed by atoms with Crippen molar-refractivity contribution in [1.29, 1.82) is 0 Å². The Balaban J connectivity index is 2.65. The van der Waals surface area contributed by atoms with E-state index in [0.29, 0.717) is 19.5 Å². The number of halogens is 1. The van der Waals surface area contributed by atoms with Crippen molar-refractivity contribution in [2.24, 2.45) is 5.73 Å². The molecule has 0 aliphatic heterocycles. The molecule has 0 fully saturated rings. The van der Waals surface area contributed by atoms with Crippen LogP contribution < -0.4 is 5.73 Å². The minimum absolute atomic E-state index is 0.0609. The largest absolute Gasteiger partial charge is 0.346 e. The number of amides is 1. The summed E-state index contributed by atoms with van der Waals surface area (Å²) in [5.41, 5.74) is 5.36. The van der Waals surface area contributed by atoms with E-state index in [1.165, 1.54) is 17.0 Å². The molecule has 7 heteroatoms. The molecule has 0 saturated heterocycles. The Morgan fingerprint density at radius 1 is 1.35 bits per heavy atom. The van der Waals surface area contributed by atoms with Crippen molar-refractivity contribution in [1.82, 2.24) is 4.90 Å². The van der Waals surface area contributed by atoms with Gasteiger partial charge in [0.1, 0.15) is 0 Å². The van der Waals surface area contributed by atoms with Gasteiger partial charge in [0.2, 0.25) is 5.91 Å². The molecule has 1 rings (SSSR count). The van der Waals surface area contributed by atoms with Crippen LogP contribution in [0.15, 0.2) is 29.2 Å². The molecule has 0 heterocycles. The Morgan fingerprint density at radius 3 is 2.60 bits per heavy atom. The summed E-state index contributed by atoms with van der Waals surface area (Å²) in [6.45, 7) is 1.02. The van der Waals surface area contributed by atoms with E-state index < -0.39 is 9.84 Å². The van der Waals surface area contributed by atoms with Crippen LogP contribution in [0.1, 0.15) is 12.8 Å². The Morgan fingerprint density at radius 2 is 2.00 bits per heavy atom. The minimum Gasteiger partial charge on any atom is -0.346 e. The van der Waals surface area contributed by atoms with Gasteiger partial charge in [-0.25, -0.2) is 8.42 Å². The highest BCUT2D eigenvalue weighted by atomic mass is 35.5. The molecule has 1 aromatic carbocycles. The van der Waals surface area contributed by atoms with Crippen LogP contribution >= 0.6 is 11.6 Å². The van der Waals surface area contributed by atoms with E-state index in [4.69, 9.17) is 17.3 Å². The van der Waals surface area contributed by atoms with E-state index in [1.807, 2.05) is 0 Å². The zero-order valence-corrected chi connectivity index (χ0v) is 13.0. The number of hydrogen-bond donors (Lipinski definition) is 1. The van der Waals surface area contributed by atoms with Gasteiger partial charge in [0.15, 0.2) is 9.84 Å². The molecule has 1 aromatic rings. The minimum atomic E-state index is -3.54. The van der Waals surface area contributed by atoms with Gasteiger partial charge in [-0.2, -0.15) is 0 Å². The summed E-state index contributed by atoms with van der Waals surface area (Å²) >= 11 is 5.87. The van der Waals surface area contributed by atoms with E-state index in [1.54, 1.807) is 19.2 Å². The monoisotopic (exact) mass is 318 g/mol. The molecule has 0 aromatic heterocycles. The summed E-state index contributed by atoms with van der Waals surface area (Å²) < 4.78 is 24.2. The van der Waals surface area contributed by atoms with Gasteiger partial charge in [-0.1, -0.05) is 23.7 Å². The highest BCUT2D eigenvalue weighted by Crippen LogP contribution is 2.22. The van der Waals surface area contributed by atoms with Crippen molar-refractivity contribution in [3.8, 4) is 0 Å². The molecule has 1 amide bonds. The Labute approximate surface area is 124 Å². The number of benzene rings is 1. The van der Waals surface area contributed by atoms with Gasteiger partial charge >= 0.3 is 0 Å². The average Bonchev–Trinajstić information content (AvgIpc) is 2.42. The molecule has 0 atom stereocenters. The SMILES string of the molecule is CN(CCCN)C(=O)CCS(=O)(=O)c1ccccc1Cl. The lowest BCUT2D eigenvalue weighted by atomic mass is 10.3. The molecule has 0 bridgehead atoms. The maximum atomic E-state index is 12.1. The van der Waals surface area contributed by atoms with Gasteiger partial charge in [0.05, 0.1) is 15.7 Å². The van der Waals surface area contributed by atoms with E-state index in [9.17, 15) is 13.2 Å². The number of carbonyl (C=O) groups excluding carboxylic acids is 1. The van der Waals surface area contributed by atoms with Gasteiger partial charge in [-0.05, 0) is 25.1 Å². The van der Waals surface area contributed by atoms with E-state index in [-0.39, 0.29) is 28.0 Å². The first kappa shape index (κ1) is 16.9. The lowest BCUT2D eigenvalue weighted by molar-refractivity contribution is -0.129.